The van der Waals surface area contributed by atoms with E-state index in [-0.39, 0.29) is 13.2 Å². The van der Waals surface area contributed by atoms with Gasteiger partial charge in [-0.1, -0.05) is 33.6 Å². The van der Waals surface area contributed by atoms with Crippen molar-refractivity contribution in [1.29, 1.82) is 0 Å². The largest absolute Gasteiger partial charge is 0.490 e. The third-order valence-corrected chi connectivity index (χ3v) is 5.62. The number of alkyl halides is 3. The van der Waals surface area contributed by atoms with Gasteiger partial charge in [0.05, 0.1) is 12.2 Å². The van der Waals surface area contributed by atoms with E-state index in [0.29, 0.717) is 22.9 Å². The van der Waals surface area contributed by atoms with Crippen LogP contribution < -0.4 is 9.64 Å². The maximum absolute atomic E-state index is 13.4. The molecule has 1 heterocycles. The summed E-state index contributed by atoms with van der Waals surface area (Å²) in [6.07, 6.45) is 0.480. The number of rotatable bonds is 6. The molecule has 2 aromatic rings. The number of hydrogen-bond acceptors (Lipinski definition) is 2. The summed E-state index contributed by atoms with van der Waals surface area (Å²) in [5.41, 5.74) is -0.234. The molecule has 1 aliphatic rings. The summed E-state index contributed by atoms with van der Waals surface area (Å²) in [4.78, 5) is 14.0. The van der Waals surface area contributed by atoms with Crippen molar-refractivity contribution in [1.82, 2.24) is 0 Å². The molecule has 1 amide bonds. The Hall–Kier alpha value is -1.73. The quantitative estimate of drug-likeness (QED) is 0.565. The maximum Gasteiger partial charge on any atom is 0.241 e. The number of nitrogens with zero attached hydrogens (tertiary/aromatic N) is 1. The van der Waals surface area contributed by atoms with Crippen LogP contribution in [0.4, 0.5) is 18.9 Å². The molecule has 0 unspecified atom stereocenters. The van der Waals surface area contributed by atoms with Gasteiger partial charge in [0.15, 0.2) is 0 Å². The summed E-state index contributed by atoms with van der Waals surface area (Å²) in [6, 6.07) is 10.7. The second-order valence-corrected chi connectivity index (χ2v) is 8.02. The number of ether oxygens (including phenoxy) is 1. The Morgan fingerprint density at radius 1 is 1.14 bits per heavy atom. The second-order valence-electron chi connectivity index (χ2n) is 6.70. The van der Waals surface area contributed by atoms with E-state index in [0.717, 1.165) is 15.6 Å². The minimum atomic E-state index is -2.31. The first kappa shape index (κ1) is 21.0. The molecule has 3 nitrogen and oxygen atoms in total. The zero-order valence-corrected chi connectivity index (χ0v) is 17.2. The fourth-order valence-corrected chi connectivity index (χ4v) is 3.64. The fourth-order valence-electron chi connectivity index (χ4n) is 3.05. The molecule has 8 heteroatoms. The van der Waals surface area contributed by atoms with E-state index in [4.69, 9.17) is 16.3 Å². The molecule has 0 aromatic heterocycles. The first-order valence-electron chi connectivity index (χ1n) is 8.63. The lowest BCUT2D eigenvalue weighted by atomic mass is 9.90. The van der Waals surface area contributed by atoms with E-state index in [2.05, 4.69) is 15.9 Å². The normalized spacial score (nSPS) is 13.8. The Bertz CT molecular complexity index is 868. The van der Waals surface area contributed by atoms with Gasteiger partial charge in [-0.25, -0.2) is 13.2 Å². The smallest absolute Gasteiger partial charge is 0.241 e. The van der Waals surface area contributed by atoms with E-state index in [1.165, 1.54) is 4.90 Å². The SMILES string of the molecule is O=C(N1CCOc2ccc(Cc3cc(Br)ccc3Cl)cc21)C(CF)(CF)CF. The number of carbonyl (C=O) groups excluding carboxylic acids is 1. The van der Waals surface area contributed by atoms with Gasteiger partial charge in [0, 0.05) is 9.50 Å². The predicted octanol–water partition coefficient (Wildman–Crippen LogP) is 5.31. The van der Waals surface area contributed by atoms with Gasteiger partial charge >= 0.3 is 0 Å². The zero-order chi connectivity index (χ0) is 20.3. The monoisotopic (exact) mass is 475 g/mol. The molecule has 0 N–H and O–H groups in total. The van der Waals surface area contributed by atoms with Crippen LogP contribution in [-0.4, -0.2) is 39.1 Å². The highest BCUT2D eigenvalue weighted by Gasteiger charge is 2.44. The lowest BCUT2D eigenvalue weighted by Gasteiger charge is -2.35. The first-order chi connectivity index (χ1) is 13.4. The van der Waals surface area contributed by atoms with Crippen molar-refractivity contribution in [2.45, 2.75) is 6.42 Å². The molecule has 2 aromatic carbocycles. The van der Waals surface area contributed by atoms with Crippen LogP contribution in [0.5, 0.6) is 5.75 Å². The van der Waals surface area contributed by atoms with Crippen molar-refractivity contribution in [2.24, 2.45) is 5.41 Å². The topological polar surface area (TPSA) is 29.5 Å². The van der Waals surface area contributed by atoms with Gasteiger partial charge in [-0.2, -0.15) is 0 Å². The number of fused-ring (bicyclic) bond motifs is 1. The molecular weight excluding hydrogens is 459 g/mol. The summed E-state index contributed by atoms with van der Waals surface area (Å²) in [5.74, 6) is -0.503. The minimum Gasteiger partial charge on any atom is -0.490 e. The average Bonchev–Trinajstić information content (AvgIpc) is 2.72. The van der Waals surface area contributed by atoms with Gasteiger partial charge in [0.25, 0.3) is 0 Å². The molecule has 0 atom stereocenters. The number of anilines is 1. The first-order valence-corrected chi connectivity index (χ1v) is 9.80. The molecule has 0 spiro atoms. The Kier molecular flexibility index (Phi) is 6.55. The Labute approximate surface area is 174 Å². The third kappa shape index (κ3) is 4.01. The molecule has 3 rings (SSSR count). The van der Waals surface area contributed by atoms with Crippen molar-refractivity contribution < 1.29 is 22.7 Å². The maximum atomic E-state index is 13.4. The van der Waals surface area contributed by atoms with Gasteiger partial charge < -0.3 is 9.64 Å². The Morgan fingerprint density at radius 2 is 1.86 bits per heavy atom. The van der Waals surface area contributed by atoms with Crippen LogP contribution in [0, 0.1) is 5.41 Å². The molecule has 0 saturated heterocycles. The molecule has 150 valence electrons. The van der Waals surface area contributed by atoms with Crippen molar-refractivity contribution in [3.63, 3.8) is 0 Å². The second kappa shape index (κ2) is 8.74. The molecule has 0 saturated carbocycles. The lowest BCUT2D eigenvalue weighted by molar-refractivity contribution is -0.131. The van der Waals surface area contributed by atoms with Crippen LogP contribution in [0.2, 0.25) is 5.02 Å². The summed E-state index contributed by atoms with van der Waals surface area (Å²) >= 11 is 9.66. The molecule has 1 aliphatic heterocycles. The van der Waals surface area contributed by atoms with Crippen LogP contribution in [0.25, 0.3) is 0 Å². The van der Waals surface area contributed by atoms with E-state index in [9.17, 15) is 18.0 Å². The van der Waals surface area contributed by atoms with Crippen LogP contribution in [0.3, 0.4) is 0 Å². The van der Waals surface area contributed by atoms with Gasteiger partial charge in [-0.15, -0.1) is 0 Å². The highest BCUT2D eigenvalue weighted by atomic mass is 79.9. The molecular formula is C20H18BrClF3NO2. The average molecular weight is 477 g/mol. The number of carbonyl (C=O) groups is 1. The molecule has 0 radical (unpaired) electrons. The van der Waals surface area contributed by atoms with Crippen molar-refractivity contribution >= 4 is 39.1 Å². The van der Waals surface area contributed by atoms with E-state index in [1.54, 1.807) is 18.2 Å². The minimum absolute atomic E-state index is 0.0919. The van der Waals surface area contributed by atoms with Crippen molar-refractivity contribution in [3.05, 3.63) is 57.0 Å². The summed E-state index contributed by atoms with van der Waals surface area (Å²) in [7, 11) is 0. The third-order valence-electron chi connectivity index (χ3n) is 4.76. The van der Waals surface area contributed by atoms with Crippen LogP contribution in [-0.2, 0) is 11.2 Å². The molecule has 0 bridgehead atoms. The Morgan fingerprint density at radius 3 is 2.54 bits per heavy atom. The van der Waals surface area contributed by atoms with E-state index in [1.807, 2.05) is 18.2 Å². The Balaban J connectivity index is 1.95. The van der Waals surface area contributed by atoms with Gasteiger partial charge in [-0.3, -0.25) is 4.79 Å². The molecule has 0 aliphatic carbocycles. The number of amides is 1. The number of benzene rings is 2. The zero-order valence-electron chi connectivity index (χ0n) is 14.9. The number of hydrogen-bond donors (Lipinski definition) is 0. The summed E-state index contributed by atoms with van der Waals surface area (Å²) < 4.78 is 46.5. The molecule has 28 heavy (non-hydrogen) atoms. The lowest BCUT2D eigenvalue weighted by Crippen LogP contribution is -2.51. The van der Waals surface area contributed by atoms with Crippen LogP contribution >= 0.6 is 27.5 Å². The predicted molar refractivity (Wildman–Crippen MR) is 107 cm³/mol. The highest BCUT2D eigenvalue weighted by Crippen LogP contribution is 2.37. The van der Waals surface area contributed by atoms with Crippen molar-refractivity contribution in [3.8, 4) is 5.75 Å². The van der Waals surface area contributed by atoms with Crippen LogP contribution in [0.15, 0.2) is 40.9 Å². The van der Waals surface area contributed by atoms with Gasteiger partial charge in [-0.05, 0) is 47.9 Å². The van der Waals surface area contributed by atoms with Crippen LogP contribution in [0.1, 0.15) is 11.1 Å². The summed E-state index contributed by atoms with van der Waals surface area (Å²) in [5, 5.41) is 0.594. The van der Waals surface area contributed by atoms with Gasteiger partial charge in [0.1, 0.15) is 37.8 Å². The number of halogens is 5. The van der Waals surface area contributed by atoms with Gasteiger partial charge in [0.2, 0.25) is 5.91 Å². The van der Waals surface area contributed by atoms with E-state index >= 15 is 0 Å². The van der Waals surface area contributed by atoms with E-state index < -0.39 is 31.3 Å². The fraction of sp³-hybridized carbons (Fsp3) is 0.350. The molecule has 0 fully saturated rings. The standard InChI is InChI=1S/C20H18BrClF3NO2/c21-15-2-3-16(22)14(9-15)7-13-1-4-18-17(8-13)26(5-6-28-18)19(27)20(10-23,11-24)12-25/h1-4,8-9H,5-7,10-12H2. The summed E-state index contributed by atoms with van der Waals surface area (Å²) in [6.45, 7) is -3.96. The highest BCUT2D eigenvalue weighted by molar-refractivity contribution is 9.10. The van der Waals surface area contributed by atoms with Crippen molar-refractivity contribution in [2.75, 3.05) is 38.1 Å².